The van der Waals surface area contributed by atoms with Gasteiger partial charge in [0.2, 0.25) is 6.79 Å². The van der Waals surface area contributed by atoms with Crippen LogP contribution in [0.1, 0.15) is 24.8 Å². The first-order chi connectivity index (χ1) is 11.2. The van der Waals surface area contributed by atoms with Gasteiger partial charge in [0.1, 0.15) is 0 Å². The first kappa shape index (κ1) is 19.1. The third kappa shape index (κ3) is 4.44. The summed E-state index contributed by atoms with van der Waals surface area (Å²) in [6, 6.07) is 5.99. The number of aliphatic imine (C=N–C) groups is 1. The molecule has 2 unspecified atom stereocenters. The number of aliphatic hydroxyl groups excluding tert-OH is 1. The van der Waals surface area contributed by atoms with E-state index in [-0.39, 0.29) is 30.1 Å². The van der Waals surface area contributed by atoms with Crippen molar-refractivity contribution >= 4 is 29.9 Å². The molecule has 3 rings (SSSR count). The Labute approximate surface area is 160 Å². The molecule has 2 N–H and O–H groups in total. The van der Waals surface area contributed by atoms with Crippen LogP contribution in [0, 0.1) is 5.92 Å². The predicted molar refractivity (Wildman–Crippen MR) is 104 cm³/mol. The van der Waals surface area contributed by atoms with Gasteiger partial charge < -0.3 is 24.8 Å². The lowest BCUT2D eigenvalue weighted by Gasteiger charge is -2.24. The maximum absolute atomic E-state index is 9.92. The Morgan fingerprint density at radius 1 is 1.33 bits per heavy atom. The molecule has 7 heteroatoms. The Hall–Kier alpha value is -1.22. The van der Waals surface area contributed by atoms with E-state index in [1.54, 1.807) is 7.05 Å². The normalized spacial score (nSPS) is 22.2. The molecule has 1 aromatic rings. The van der Waals surface area contributed by atoms with Crippen molar-refractivity contribution in [2.45, 2.75) is 31.9 Å². The monoisotopic (exact) mass is 447 g/mol. The van der Waals surface area contributed by atoms with E-state index >= 15 is 0 Å². The molecular weight excluding hydrogens is 421 g/mol. The molecule has 134 valence electrons. The largest absolute Gasteiger partial charge is 0.454 e. The number of ether oxygens (including phenoxy) is 2. The summed E-state index contributed by atoms with van der Waals surface area (Å²) in [5.41, 5.74) is 1.14. The van der Waals surface area contributed by atoms with Gasteiger partial charge in [0, 0.05) is 33.1 Å². The van der Waals surface area contributed by atoms with Crippen LogP contribution in [-0.2, 0) is 6.54 Å². The molecule has 1 aliphatic heterocycles. The average molecular weight is 447 g/mol. The van der Waals surface area contributed by atoms with Crippen molar-refractivity contribution in [1.82, 2.24) is 10.2 Å². The van der Waals surface area contributed by atoms with E-state index in [9.17, 15) is 5.11 Å². The van der Waals surface area contributed by atoms with Gasteiger partial charge in [0.15, 0.2) is 17.5 Å². The summed E-state index contributed by atoms with van der Waals surface area (Å²) in [5, 5.41) is 13.3. The summed E-state index contributed by atoms with van der Waals surface area (Å²) in [4.78, 5) is 6.40. The van der Waals surface area contributed by atoms with Gasteiger partial charge in [-0.3, -0.25) is 4.99 Å². The minimum absolute atomic E-state index is 0. The molecule has 1 heterocycles. The first-order valence-electron chi connectivity index (χ1n) is 8.15. The Balaban J connectivity index is 0.00000208. The van der Waals surface area contributed by atoms with Crippen LogP contribution in [0.2, 0.25) is 0 Å². The average Bonchev–Trinajstić information content (AvgIpc) is 3.16. The van der Waals surface area contributed by atoms with Gasteiger partial charge in [0.25, 0.3) is 0 Å². The number of fused-ring (bicyclic) bond motifs is 1. The standard InChI is InChI=1S/C17H25N3O3.HI/c1-18-17(19-9-13-4-3-5-14(13)21)20(2)10-12-6-7-15-16(8-12)23-11-22-15;/h6-8,13-14,21H,3-5,9-11H2,1-2H3,(H,18,19);1H. The zero-order valence-corrected chi connectivity index (χ0v) is 16.5. The summed E-state index contributed by atoms with van der Waals surface area (Å²) >= 11 is 0. The molecule has 0 amide bonds. The quantitative estimate of drug-likeness (QED) is 0.421. The maximum atomic E-state index is 9.92. The minimum atomic E-state index is -0.181. The van der Waals surface area contributed by atoms with E-state index in [0.717, 1.165) is 55.4 Å². The molecule has 1 saturated carbocycles. The lowest BCUT2D eigenvalue weighted by molar-refractivity contribution is 0.134. The van der Waals surface area contributed by atoms with Crippen LogP contribution in [0.15, 0.2) is 23.2 Å². The maximum Gasteiger partial charge on any atom is 0.231 e. The van der Waals surface area contributed by atoms with E-state index in [1.807, 2.05) is 25.2 Å². The zero-order chi connectivity index (χ0) is 16.2. The van der Waals surface area contributed by atoms with Gasteiger partial charge in [0.05, 0.1) is 6.10 Å². The van der Waals surface area contributed by atoms with E-state index in [0.29, 0.717) is 12.7 Å². The van der Waals surface area contributed by atoms with Crippen molar-refractivity contribution in [2.75, 3.05) is 27.4 Å². The van der Waals surface area contributed by atoms with E-state index in [2.05, 4.69) is 15.2 Å². The lowest BCUT2D eigenvalue weighted by Crippen LogP contribution is -2.41. The second-order valence-electron chi connectivity index (χ2n) is 6.23. The number of nitrogens with zero attached hydrogens (tertiary/aromatic N) is 2. The van der Waals surface area contributed by atoms with Crippen molar-refractivity contribution < 1.29 is 14.6 Å². The van der Waals surface area contributed by atoms with Crippen LogP contribution < -0.4 is 14.8 Å². The fourth-order valence-corrected chi connectivity index (χ4v) is 3.25. The summed E-state index contributed by atoms with van der Waals surface area (Å²) in [6.45, 7) is 1.78. The highest BCUT2D eigenvalue weighted by Gasteiger charge is 2.25. The molecule has 0 bridgehead atoms. The topological polar surface area (TPSA) is 66.3 Å². The fraction of sp³-hybridized carbons (Fsp3) is 0.588. The number of halogens is 1. The molecule has 0 spiro atoms. The molecule has 0 saturated heterocycles. The second-order valence-corrected chi connectivity index (χ2v) is 6.23. The minimum Gasteiger partial charge on any atom is -0.454 e. The molecule has 2 atom stereocenters. The van der Waals surface area contributed by atoms with Gasteiger partial charge in [-0.25, -0.2) is 0 Å². The Morgan fingerprint density at radius 2 is 2.12 bits per heavy atom. The van der Waals surface area contributed by atoms with Crippen LogP contribution in [0.4, 0.5) is 0 Å². The number of nitrogens with one attached hydrogen (secondary N) is 1. The number of rotatable bonds is 4. The molecule has 2 aliphatic rings. The Kier molecular flexibility index (Phi) is 6.97. The first-order valence-corrected chi connectivity index (χ1v) is 8.15. The summed E-state index contributed by atoms with van der Waals surface area (Å²) in [7, 11) is 3.79. The van der Waals surface area contributed by atoms with Gasteiger partial charge >= 0.3 is 0 Å². The highest BCUT2D eigenvalue weighted by Crippen LogP contribution is 2.32. The third-order valence-corrected chi connectivity index (χ3v) is 4.57. The highest BCUT2D eigenvalue weighted by atomic mass is 127. The van der Waals surface area contributed by atoms with Crippen LogP contribution in [0.3, 0.4) is 0 Å². The molecule has 1 aliphatic carbocycles. The van der Waals surface area contributed by atoms with Crippen molar-refractivity contribution in [1.29, 1.82) is 0 Å². The van der Waals surface area contributed by atoms with Crippen molar-refractivity contribution in [2.24, 2.45) is 10.9 Å². The van der Waals surface area contributed by atoms with Crippen molar-refractivity contribution in [3.05, 3.63) is 23.8 Å². The zero-order valence-electron chi connectivity index (χ0n) is 14.2. The third-order valence-electron chi connectivity index (χ3n) is 4.57. The lowest BCUT2D eigenvalue weighted by atomic mass is 10.1. The van der Waals surface area contributed by atoms with Crippen LogP contribution in [0.25, 0.3) is 0 Å². The number of guanidine groups is 1. The number of benzene rings is 1. The van der Waals surface area contributed by atoms with Crippen LogP contribution in [-0.4, -0.2) is 49.5 Å². The highest BCUT2D eigenvalue weighted by molar-refractivity contribution is 14.0. The van der Waals surface area contributed by atoms with Crippen LogP contribution in [0.5, 0.6) is 11.5 Å². The fourth-order valence-electron chi connectivity index (χ4n) is 3.25. The molecule has 0 radical (unpaired) electrons. The van der Waals surface area contributed by atoms with E-state index in [4.69, 9.17) is 9.47 Å². The van der Waals surface area contributed by atoms with Gasteiger partial charge in [-0.1, -0.05) is 12.5 Å². The molecule has 6 nitrogen and oxygen atoms in total. The van der Waals surface area contributed by atoms with E-state index < -0.39 is 0 Å². The molecule has 1 fully saturated rings. The van der Waals surface area contributed by atoms with Gasteiger partial charge in [-0.05, 0) is 30.5 Å². The molecule has 1 aromatic carbocycles. The smallest absolute Gasteiger partial charge is 0.231 e. The van der Waals surface area contributed by atoms with Crippen molar-refractivity contribution in [3.63, 3.8) is 0 Å². The Bertz CT molecular complexity index is 582. The van der Waals surface area contributed by atoms with Crippen LogP contribution >= 0.6 is 24.0 Å². The summed E-state index contributed by atoms with van der Waals surface area (Å²) in [6.07, 6.45) is 2.92. The van der Waals surface area contributed by atoms with Gasteiger partial charge in [-0.2, -0.15) is 0 Å². The van der Waals surface area contributed by atoms with E-state index in [1.165, 1.54) is 0 Å². The van der Waals surface area contributed by atoms with Gasteiger partial charge in [-0.15, -0.1) is 24.0 Å². The predicted octanol–water partition coefficient (Wildman–Crippen LogP) is 2.20. The molecule has 0 aromatic heterocycles. The summed E-state index contributed by atoms with van der Waals surface area (Å²) in [5.74, 6) is 2.76. The number of aliphatic hydroxyl groups is 1. The number of hydrogen-bond acceptors (Lipinski definition) is 4. The molecule has 24 heavy (non-hydrogen) atoms. The SMILES string of the molecule is CN=C(NCC1CCCC1O)N(C)Cc1ccc2c(c1)OCO2.I. The number of hydrogen-bond donors (Lipinski definition) is 2. The Morgan fingerprint density at radius 3 is 2.83 bits per heavy atom. The van der Waals surface area contributed by atoms with Crippen molar-refractivity contribution in [3.8, 4) is 11.5 Å². The second kappa shape index (κ2) is 8.75. The molecular formula is C17H26IN3O3. The summed E-state index contributed by atoms with van der Waals surface area (Å²) < 4.78 is 10.8.